The van der Waals surface area contributed by atoms with E-state index in [1.807, 2.05) is 30.3 Å². The maximum absolute atomic E-state index is 11.9. The fraction of sp³-hybridized carbons (Fsp3) is 0.222. The van der Waals surface area contributed by atoms with E-state index < -0.39 is 0 Å². The van der Waals surface area contributed by atoms with Crippen LogP contribution in [0.4, 0.5) is 5.69 Å². The second kappa shape index (κ2) is 10.5. The van der Waals surface area contributed by atoms with E-state index in [0.717, 1.165) is 5.75 Å². The maximum Gasteiger partial charge on any atom is 0.248 e. The number of hydrazine groups is 1. The molecule has 6 nitrogen and oxygen atoms in total. The highest BCUT2D eigenvalue weighted by molar-refractivity contribution is 7.99. The lowest BCUT2D eigenvalue weighted by Crippen LogP contribution is -2.44. The molecule has 0 spiro atoms. The number of thiocarbonyl (C=S) groups is 1. The third kappa shape index (κ3) is 6.45. The zero-order chi connectivity index (χ0) is 18.8. The third-order valence-corrected chi connectivity index (χ3v) is 4.52. The summed E-state index contributed by atoms with van der Waals surface area (Å²) in [5, 5.41) is 3.23. The molecule has 1 amide bonds. The monoisotopic (exact) mass is 391 g/mol. The van der Waals surface area contributed by atoms with Crippen molar-refractivity contribution in [2.45, 2.75) is 5.75 Å². The number of amides is 1. The van der Waals surface area contributed by atoms with Gasteiger partial charge in [0.15, 0.2) is 5.11 Å². The number of hydrogen-bond donors (Lipinski definition) is 3. The van der Waals surface area contributed by atoms with Crippen LogP contribution in [-0.4, -0.2) is 31.0 Å². The predicted molar refractivity (Wildman–Crippen MR) is 110 cm³/mol. The Hall–Kier alpha value is -2.45. The number of carbonyl (C=O) groups excluding carboxylic acids is 1. The average Bonchev–Trinajstić information content (AvgIpc) is 2.67. The van der Waals surface area contributed by atoms with Crippen molar-refractivity contribution in [3.05, 3.63) is 54.1 Å². The number of hydrogen-bond acceptors (Lipinski definition) is 5. The minimum Gasteiger partial charge on any atom is -0.497 e. The largest absolute Gasteiger partial charge is 0.497 e. The van der Waals surface area contributed by atoms with Gasteiger partial charge in [-0.15, -0.1) is 11.8 Å². The molecule has 0 bridgehead atoms. The van der Waals surface area contributed by atoms with Crippen LogP contribution < -0.4 is 25.6 Å². The van der Waals surface area contributed by atoms with Crippen LogP contribution in [0.2, 0.25) is 0 Å². The molecule has 0 aromatic heterocycles. The first-order valence-corrected chi connectivity index (χ1v) is 9.38. The first-order valence-electron chi connectivity index (χ1n) is 7.82. The summed E-state index contributed by atoms with van der Waals surface area (Å²) in [7, 11) is 3.14. The standard InChI is InChI=1S/C18H21N3O3S2/c1-23-14-8-9-15(16(10-14)24-2)19-18(25)21-20-17(22)12-26-11-13-6-4-3-5-7-13/h3-10H,11-12H2,1-2H3,(H,20,22)(H2,19,21,25). The van der Waals surface area contributed by atoms with Crippen LogP contribution in [0.15, 0.2) is 48.5 Å². The first kappa shape index (κ1) is 19.9. The van der Waals surface area contributed by atoms with Gasteiger partial charge in [-0.2, -0.15) is 0 Å². The summed E-state index contributed by atoms with van der Waals surface area (Å²) in [6.45, 7) is 0. The highest BCUT2D eigenvalue weighted by atomic mass is 32.2. The molecule has 0 atom stereocenters. The Morgan fingerprint density at radius 1 is 1.08 bits per heavy atom. The van der Waals surface area contributed by atoms with Crippen molar-refractivity contribution in [3.63, 3.8) is 0 Å². The van der Waals surface area contributed by atoms with Crippen molar-refractivity contribution in [2.24, 2.45) is 0 Å². The van der Waals surface area contributed by atoms with Crippen molar-refractivity contribution in [1.82, 2.24) is 10.9 Å². The lowest BCUT2D eigenvalue weighted by molar-refractivity contribution is -0.119. The normalized spacial score (nSPS) is 9.92. The molecule has 0 saturated heterocycles. The van der Waals surface area contributed by atoms with Gasteiger partial charge in [0.25, 0.3) is 0 Å². The Labute approximate surface area is 162 Å². The molecule has 2 aromatic carbocycles. The summed E-state index contributed by atoms with van der Waals surface area (Å²) < 4.78 is 10.4. The van der Waals surface area contributed by atoms with E-state index in [0.29, 0.717) is 22.9 Å². The van der Waals surface area contributed by atoms with Crippen molar-refractivity contribution in [1.29, 1.82) is 0 Å². The summed E-state index contributed by atoms with van der Waals surface area (Å²) >= 11 is 6.71. The number of thioether (sulfide) groups is 1. The minimum atomic E-state index is -0.156. The SMILES string of the molecule is COc1ccc(NC(=S)NNC(=O)CSCc2ccccc2)c(OC)c1. The summed E-state index contributed by atoms with van der Waals surface area (Å²) in [5.41, 5.74) is 7.10. The zero-order valence-electron chi connectivity index (χ0n) is 14.6. The molecule has 0 saturated carbocycles. The second-order valence-electron chi connectivity index (χ2n) is 5.17. The van der Waals surface area contributed by atoms with E-state index in [1.165, 1.54) is 17.3 Å². The van der Waals surface area contributed by atoms with Crippen LogP contribution in [0.1, 0.15) is 5.56 Å². The summed E-state index contributed by atoms with van der Waals surface area (Å²) in [4.78, 5) is 11.9. The average molecular weight is 392 g/mol. The number of benzene rings is 2. The summed E-state index contributed by atoms with van der Waals surface area (Å²) in [6.07, 6.45) is 0. The van der Waals surface area contributed by atoms with Gasteiger partial charge in [0.2, 0.25) is 5.91 Å². The van der Waals surface area contributed by atoms with Crippen LogP contribution in [0, 0.1) is 0 Å². The number of carbonyl (C=O) groups is 1. The molecule has 0 aliphatic carbocycles. The van der Waals surface area contributed by atoms with Gasteiger partial charge in [0.1, 0.15) is 11.5 Å². The Bertz CT molecular complexity index is 742. The number of methoxy groups -OCH3 is 2. The molecule has 0 unspecified atom stereocenters. The fourth-order valence-electron chi connectivity index (χ4n) is 2.05. The highest BCUT2D eigenvalue weighted by Crippen LogP contribution is 2.28. The Morgan fingerprint density at radius 3 is 2.54 bits per heavy atom. The molecular weight excluding hydrogens is 370 g/mol. The van der Waals surface area contributed by atoms with Crippen molar-refractivity contribution in [3.8, 4) is 11.5 Å². The van der Waals surface area contributed by atoms with Gasteiger partial charge >= 0.3 is 0 Å². The third-order valence-electron chi connectivity index (χ3n) is 3.32. The Balaban J connectivity index is 1.73. The lowest BCUT2D eigenvalue weighted by atomic mass is 10.2. The van der Waals surface area contributed by atoms with Crippen molar-refractivity contribution in [2.75, 3.05) is 25.3 Å². The number of anilines is 1. The fourth-order valence-corrected chi connectivity index (χ4v) is 3.00. The van der Waals surface area contributed by atoms with Crippen molar-refractivity contribution < 1.29 is 14.3 Å². The molecule has 2 aromatic rings. The molecule has 138 valence electrons. The van der Waals surface area contributed by atoms with E-state index in [1.54, 1.807) is 32.4 Å². The lowest BCUT2D eigenvalue weighted by Gasteiger charge is -2.14. The molecular formula is C18H21N3O3S2. The second-order valence-corrected chi connectivity index (χ2v) is 6.57. The van der Waals surface area contributed by atoms with Gasteiger partial charge in [-0.05, 0) is 29.9 Å². The molecule has 3 N–H and O–H groups in total. The van der Waals surface area contributed by atoms with E-state index in [2.05, 4.69) is 16.2 Å². The topological polar surface area (TPSA) is 71.6 Å². The summed E-state index contributed by atoms with van der Waals surface area (Å²) in [5.74, 6) is 2.21. The first-order chi connectivity index (χ1) is 12.6. The zero-order valence-corrected chi connectivity index (χ0v) is 16.2. The number of ether oxygens (including phenoxy) is 2. The molecule has 0 heterocycles. The minimum absolute atomic E-state index is 0.156. The molecule has 26 heavy (non-hydrogen) atoms. The number of rotatable bonds is 7. The van der Waals surface area contributed by atoms with Crippen LogP contribution >= 0.6 is 24.0 Å². The molecule has 2 rings (SSSR count). The van der Waals surface area contributed by atoms with Gasteiger partial charge in [-0.1, -0.05) is 30.3 Å². The molecule has 8 heteroatoms. The van der Waals surface area contributed by atoms with Crippen LogP contribution in [0.3, 0.4) is 0 Å². The van der Waals surface area contributed by atoms with E-state index in [-0.39, 0.29) is 11.0 Å². The Morgan fingerprint density at radius 2 is 1.85 bits per heavy atom. The van der Waals surface area contributed by atoms with Gasteiger partial charge < -0.3 is 14.8 Å². The molecule has 0 aliphatic heterocycles. The summed E-state index contributed by atoms with van der Waals surface area (Å²) in [6, 6.07) is 15.3. The van der Waals surface area contributed by atoms with Gasteiger partial charge in [-0.25, -0.2) is 0 Å². The molecule has 0 radical (unpaired) electrons. The quantitative estimate of drug-likeness (QED) is 0.495. The van der Waals surface area contributed by atoms with E-state index in [4.69, 9.17) is 21.7 Å². The van der Waals surface area contributed by atoms with Crippen molar-refractivity contribution >= 4 is 40.7 Å². The number of nitrogens with one attached hydrogen (secondary N) is 3. The maximum atomic E-state index is 11.9. The van der Waals surface area contributed by atoms with E-state index in [9.17, 15) is 4.79 Å². The van der Waals surface area contributed by atoms with Crippen LogP contribution in [0.5, 0.6) is 11.5 Å². The van der Waals surface area contributed by atoms with Crippen LogP contribution in [-0.2, 0) is 10.5 Å². The highest BCUT2D eigenvalue weighted by Gasteiger charge is 2.08. The molecule has 0 aliphatic rings. The van der Waals surface area contributed by atoms with Gasteiger partial charge in [0.05, 0.1) is 25.7 Å². The van der Waals surface area contributed by atoms with E-state index >= 15 is 0 Å². The van der Waals surface area contributed by atoms with Gasteiger partial charge in [-0.3, -0.25) is 15.6 Å². The molecule has 0 fully saturated rings. The van der Waals surface area contributed by atoms with Crippen LogP contribution in [0.25, 0.3) is 0 Å². The van der Waals surface area contributed by atoms with Gasteiger partial charge in [0, 0.05) is 11.8 Å². The smallest absolute Gasteiger partial charge is 0.248 e. The Kier molecular flexibility index (Phi) is 8.04. The predicted octanol–water partition coefficient (Wildman–Crippen LogP) is 2.95.